The van der Waals surface area contributed by atoms with Crippen molar-refractivity contribution in [3.8, 4) is 0 Å². The Kier molecular flexibility index (Phi) is 11.3. The summed E-state index contributed by atoms with van der Waals surface area (Å²) in [5, 5.41) is 3.87. The Labute approximate surface area is 251 Å². The molecule has 0 fully saturated rings. The summed E-state index contributed by atoms with van der Waals surface area (Å²) in [4.78, 5) is 28.6. The summed E-state index contributed by atoms with van der Waals surface area (Å²) >= 11 is 18.7. The van der Waals surface area contributed by atoms with E-state index in [0.29, 0.717) is 33.6 Å². The van der Waals surface area contributed by atoms with Crippen LogP contribution in [0.5, 0.6) is 0 Å². The van der Waals surface area contributed by atoms with Crippen LogP contribution in [-0.2, 0) is 26.2 Å². The van der Waals surface area contributed by atoms with Crippen LogP contribution in [0.2, 0.25) is 15.1 Å². The van der Waals surface area contributed by atoms with Crippen molar-refractivity contribution in [1.82, 2.24) is 10.2 Å². The quantitative estimate of drug-likeness (QED) is 0.250. The second-order valence-electron chi connectivity index (χ2n) is 9.24. The van der Waals surface area contributed by atoms with E-state index in [1.807, 2.05) is 6.92 Å². The summed E-state index contributed by atoms with van der Waals surface area (Å²) in [6, 6.07) is 16.7. The van der Waals surface area contributed by atoms with Gasteiger partial charge in [-0.05, 0) is 67.3 Å². The van der Waals surface area contributed by atoms with Gasteiger partial charge in [-0.3, -0.25) is 13.9 Å². The first-order valence-corrected chi connectivity index (χ1v) is 15.4. The second kappa shape index (κ2) is 14.2. The normalized spacial score (nSPS) is 12.1. The van der Waals surface area contributed by atoms with E-state index in [0.717, 1.165) is 16.3 Å². The van der Waals surface area contributed by atoms with Crippen molar-refractivity contribution < 1.29 is 18.0 Å². The van der Waals surface area contributed by atoms with E-state index in [-0.39, 0.29) is 23.0 Å². The molecule has 0 bridgehead atoms. The van der Waals surface area contributed by atoms with Gasteiger partial charge in [-0.2, -0.15) is 0 Å². The predicted molar refractivity (Wildman–Crippen MR) is 162 cm³/mol. The molecule has 0 aliphatic rings. The van der Waals surface area contributed by atoms with Gasteiger partial charge in [0.15, 0.2) is 0 Å². The van der Waals surface area contributed by atoms with Gasteiger partial charge >= 0.3 is 0 Å². The zero-order valence-corrected chi connectivity index (χ0v) is 25.6. The van der Waals surface area contributed by atoms with Gasteiger partial charge in [-0.1, -0.05) is 79.0 Å². The monoisotopic (exact) mass is 623 g/mol. The molecule has 11 heteroatoms. The van der Waals surface area contributed by atoms with Crippen molar-refractivity contribution in [2.45, 2.75) is 51.1 Å². The summed E-state index contributed by atoms with van der Waals surface area (Å²) in [6.45, 7) is 5.42. The van der Waals surface area contributed by atoms with Gasteiger partial charge in [0.1, 0.15) is 12.6 Å². The Morgan fingerprint density at radius 3 is 2.20 bits per heavy atom. The Hall–Kier alpha value is -2.78. The molecule has 1 N–H and O–H groups in total. The van der Waals surface area contributed by atoms with E-state index in [2.05, 4.69) is 5.32 Å². The fourth-order valence-corrected chi connectivity index (χ4v) is 6.03. The van der Waals surface area contributed by atoms with Crippen LogP contribution in [0.15, 0.2) is 71.6 Å². The van der Waals surface area contributed by atoms with Crippen molar-refractivity contribution in [2.24, 2.45) is 0 Å². The second-order valence-corrected chi connectivity index (χ2v) is 12.3. The lowest BCUT2D eigenvalue weighted by Gasteiger charge is -2.33. The Morgan fingerprint density at radius 1 is 0.900 bits per heavy atom. The number of carbonyl (C=O) groups excluding carboxylic acids is 2. The van der Waals surface area contributed by atoms with Crippen molar-refractivity contribution in [3.63, 3.8) is 0 Å². The van der Waals surface area contributed by atoms with Crippen LogP contribution in [0.1, 0.15) is 37.8 Å². The summed E-state index contributed by atoms with van der Waals surface area (Å²) in [5.41, 5.74) is 1.62. The predicted octanol–water partition coefficient (Wildman–Crippen LogP) is 6.48. The topological polar surface area (TPSA) is 86.8 Å². The molecule has 0 aliphatic heterocycles. The molecule has 40 heavy (non-hydrogen) atoms. The maximum absolute atomic E-state index is 14.0. The fourth-order valence-electron chi connectivity index (χ4n) is 4.11. The van der Waals surface area contributed by atoms with Gasteiger partial charge < -0.3 is 10.2 Å². The minimum atomic E-state index is -4.18. The third-order valence-corrected chi connectivity index (χ3v) is 9.26. The zero-order valence-electron chi connectivity index (χ0n) is 22.5. The zero-order chi connectivity index (χ0) is 29.4. The molecule has 3 rings (SSSR count). The molecule has 3 aromatic rings. The first-order chi connectivity index (χ1) is 19.0. The van der Waals surface area contributed by atoms with Gasteiger partial charge in [-0.15, -0.1) is 0 Å². The highest BCUT2D eigenvalue weighted by Crippen LogP contribution is 2.29. The maximum atomic E-state index is 14.0. The largest absolute Gasteiger partial charge is 0.354 e. The number of hydrogen-bond donors (Lipinski definition) is 1. The van der Waals surface area contributed by atoms with Crippen molar-refractivity contribution in [1.29, 1.82) is 0 Å². The number of anilines is 1. The van der Waals surface area contributed by atoms with Crippen LogP contribution in [0.4, 0.5) is 5.69 Å². The average Bonchev–Trinajstić information content (AvgIpc) is 2.94. The molecular weight excluding hydrogens is 593 g/mol. The third-order valence-electron chi connectivity index (χ3n) is 6.33. The molecule has 0 unspecified atom stereocenters. The Balaban J connectivity index is 2.08. The summed E-state index contributed by atoms with van der Waals surface area (Å²) < 4.78 is 28.7. The van der Waals surface area contributed by atoms with Gasteiger partial charge in [-0.25, -0.2) is 8.42 Å². The molecular formula is C29H32Cl3N3O4S. The van der Waals surface area contributed by atoms with Crippen LogP contribution >= 0.6 is 34.8 Å². The highest BCUT2D eigenvalue weighted by Gasteiger charge is 2.33. The third kappa shape index (κ3) is 7.69. The van der Waals surface area contributed by atoms with Crippen LogP contribution < -0.4 is 9.62 Å². The average molecular weight is 625 g/mol. The lowest BCUT2D eigenvalue weighted by molar-refractivity contribution is -0.140. The van der Waals surface area contributed by atoms with E-state index in [9.17, 15) is 18.0 Å². The molecule has 0 aromatic heterocycles. The molecule has 0 radical (unpaired) electrons. The Morgan fingerprint density at radius 2 is 1.60 bits per heavy atom. The lowest BCUT2D eigenvalue weighted by Crippen LogP contribution is -2.52. The van der Waals surface area contributed by atoms with Gasteiger partial charge in [0.2, 0.25) is 11.8 Å². The number of halogens is 3. The van der Waals surface area contributed by atoms with Gasteiger partial charge in [0.25, 0.3) is 10.0 Å². The lowest BCUT2D eigenvalue weighted by atomic mass is 10.1. The number of aryl methyl sites for hydroxylation is 1. The number of sulfonamides is 1. The van der Waals surface area contributed by atoms with E-state index in [4.69, 9.17) is 34.8 Å². The summed E-state index contributed by atoms with van der Waals surface area (Å²) in [7, 11) is -4.18. The first kappa shape index (κ1) is 31.7. The smallest absolute Gasteiger partial charge is 0.264 e. The summed E-state index contributed by atoms with van der Waals surface area (Å²) in [6.07, 6.45) is 1.03. The van der Waals surface area contributed by atoms with Gasteiger partial charge in [0.05, 0.1) is 20.6 Å². The number of amides is 2. The van der Waals surface area contributed by atoms with Crippen LogP contribution in [-0.4, -0.2) is 44.3 Å². The van der Waals surface area contributed by atoms with Crippen LogP contribution in [0, 0.1) is 6.92 Å². The van der Waals surface area contributed by atoms with Crippen molar-refractivity contribution in [3.05, 3.63) is 92.9 Å². The minimum Gasteiger partial charge on any atom is -0.354 e. The van der Waals surface area contributed by atoms with Crippen LogP contribution in [0.25, 0.3) is 0 Å². The van der Waals surface area contributed by atoms with E-state index in [1.54, 1.807) is 62.4 Å². The molecule has 3 aromatic carbocycles. The number of benzene rings is 3. The van der Waals surface area contributed by atoms with Gasteiger partial charge in [0, 0.05) is 18.1 Å². The van der Waals surface area contributed by atoms with Crippen LogP contribution in [0.3, 0.4) is 0 Å². The highest BCUT2D eigenvalue weighted by molar-refractivity contribution is 7.92. The molecule has 0 saturated heterocycles. The highest BCUT2D eigenvalue weighted by atomic mass is 35.5. The molecule has 0 heterocycles. The number of hydrogen-bond acceptors (Lipinski definition) is 4. The molecule has 214 valence electrons. The first-order valence-electron chi connectivity index (χ1n) is 12.8. The molecule has 0 spiro atoms. The molecule has 0 aliphatic carbocycles. The number of nitrogens with zero attached hydrogens (tertiary/aromatic N) is 2. The van der Waals surface area contributed by atoms with Crippen molar-refractivity contribution >= 4 is 62.3 Å². The number of rotatable bonds is 12. The Bertz CT molecular complexity index is 1450. The fraction of sp³-hybridized carbons (Fsp3) is 0.310. The van der Waals surface area contributed by atoms with Crippen molar-refractivity contribution in [2.75, 3.05) is 17.4 Å². The van der Waals surface area contributed by atoms with E-state index >= 15 is 0 Å². The van der Waals surface area contributed by atoms with E-state index < -0.39 is 28.5 Å². The standard InChI is InChI=1S/C29H32Cl3N3O4S/c1-4-15-33-29(37)27(5-2)34(18-21-12-14-24(30)26(32)16-21)28(36)19-35(22-13-11-20(3)25(31)17-22)40(38,39)23-9-7-6-8-10-23/h6-14,16-17,27H,4-5,15,18-19H2,1-3H3,(H,33,37)/t27-/m1/s1. The molecule has 0 saturated carbocycles. The molecule has 1 atom stereocenters. The van der Waals surface area contributed by atoms with E-state index in [1.165, 1.54) is 23.1 Å². The maximum Gasteiger partial charge on any atom is 0.264 e. The molecule has 2 amide bonds. The summed E-state index contributed by atoms with van der Waals surface area (Å²) in [5.74, 6) is -0.894. The SMILES string of the molecule is CCCNC(=O)[C@@H](CC)N(Cc1ccc(Cl)c(Cl)c1)C(=O)CN(c1ccc(C)c(Cl)c1)S(=O)(=O)c1ccccc1. The minimum absolute atomic E-state index is 0.0155. The molecule has 7 nitrogen and oxygen atoms in total. The number of carbonyl (C=O) groups is 2. The number of nitrogens with one attached hydrogen (secondary N) is 1.